The third-order valence-electron chi connectivity index (χ3n) is 6.64. The van der Waals surface area contributed by atoms with E-state index in [2.05, 4.69) is 10.1 Å². The minimum Gasteiger partial charge on any atom is -0.452 e. The number of anilines is 1. The number of hydrogen-bond acceptors (Lipinski definition) is 6. The number of furan rings is 1. The summed E-state index contributed by atoms with van der Waals surface area (Å²) in [6.07, 6.45) is 0. The summed E-state index contributed by atoms with van der Waals surface area (Å²) < 4.78 is 21.8. The Morgan fingerprint density at radius 1 is 0.973 bits per heavy atom. The number of para-hydroxylation sites is 2. The van der Waals surface area contributed by atoms with Gasteiger partial charge < -0.3 is 9.32 Å². The van der Waals surface area contributed by atoms with Gasteiger partial charge in [0, 0.05) is 22.1 Å². The molecule has 4 heterocycles. The molecule has 7 rings (SSSR count). The Morgan fingerprint density at radius 2 is 1.73 bits per heavy atom. The number of aromatic nitrogens is 3. The van der Waals surface area contributed by atoms with Crippen molar-refractivity contribution in [3.8, 4) is 11.6 Å². The molecule has 0 saturated heterocycles. The third kappa shape index (κ3) is 3.17. The molecule has 0 saturated carbocycles. The van der Waals surface area contributed by atoms with Crippen molar-refractivity contribution in [3.05, 3.63) is 110 Å². The van der Waals surface area contributed by atoms with Gasteiger partial charge in [-0.1, -0.05) is 65.9 Å². The van der Waals surface area contributed by atoms with Crippen LogP contribution in [0, 0.1) is 12.7 Å². The first kappa shape index (κ1) is 21.6. The standard InChI is InChI=1S/C28H17FN4O3S/c1-15-17-9-4-7-13-21(17)36-23(15)25-30-28-33(31-25)27(35)24(37-28)22-18-10-3-6-12-20(18)32(26(22)34)14-16-8-2-5-11-19(16)29/h2-13H,14H2,1H3/b24-22-. The highest BCUT2D eigenvalue weighted by Crippen LogP contribution is 2.37. The fraction of sp³-hybridized carbons (Fsp3) is 0.0714. The predicted octanol–water partition coefficient (Wildman–Crippen LogP) is 4.48. The second kappa shape index (κ2) is 7.94. The average Bonchev–Trinajstić information content (AvgIpc) is 3.62. The zero-order chi connectivity index (χ0) is 25.3. The summed E-state index contributed by atoms with van der Waals surface area (Å²) in [6.45, 7) is 1.98. The third-order valence-corrected chi connectivity index (χ3v) is 7.67. The van der Waals surface area contributed by atoms with Gasteiger partial charge in [-0.2, -0.15) is 9.50 Å². The largest absolute Gasteiger partial charge is 0.452 e. The number of amides is 1. The van der Waals surface area contributed by atoms with Gasteiger partial charge in [0.1, 0.15) is 15.9 Å². The number of carbonyl (C=O) groups is 1. The minimum atomic E-state index is -0.432. The van der Waals surface area contributed by atoms with Crippen molar-refractivity contribution in [1.82, 2.24) is 14.6 Å². The first-order valence-electron chi connectivity index (χ1n) is 11.6. The Balaban J connectivity index is 1.38. The highest BCUT2D eigenvalue weighted by atomic mass is 32.1. The highest BCUT2D eigenvalue weighted by Gasteiger charge is 2.34. The molecule has 1 amide bonds. The van der Waals surface area contributed by atoms with Gasteiger partial charge in [-0.05, 0) is 25.1 Å². The second-order valence-corrected chi connectivity index (χ2v) is 9.77. The topological polar surface area (TPSA) is 80.7 Å². The number of thiazole rings is 1. The number of nitrogens with zero attached hydrogens (tertiary/aromatic N) is 4. The number of aryl methyl sites for hydroxylation is 1. The van der Waals surface area contributed by atoms with E-state index in [4.69, 9.17) is 4.42 Å². The number of benzene rings is 3. The van der Waals surface area contributed by atoms with Crippen molar-refractivity contribution < 1.29 is 13.6 Å². The lowest BCUT2D eigenvalue weighted by atomic mass is 10.1. The van der Waals surface area contributed by atoms with Gasteiger partial charge in [0.2, 0.25) is 10.8 Å². The Kier molecular flexibility index (Phi) is 4.64. The molecule has 3 aromatic heterocycles. The van der Waals surface area contributed by atoms with E-state index in [-0.39, 0.29) is 22.6 Å². The van der Waals surface area contributed by atoms with Gasteiger partial charge in [0.05, 0.1) is 17.8 Å². The van der Waals surface area contributed by atoms with Crippen LogP contribution in [0.3, 0.4) is 0 Å². The fourth-order valence-corrected chi connectivity index (χ4v) is 5.82. The van der Waals surface area contributed by atoms with Crippen LogP contribution in [-0.4, -0.2) is 20.5 Å². The SMILES string of the molecule is Cc1c(-c2nc3s/c(=C4\C(=O)N(Cc5ccccc5F)c5ccccc54)c(=O)n3n2)oc2ccccc12. The molecule has 0 atom stereocenters. The molecule has 0 radical (unpaired) electrons. The normalized spacial score (nSPS) is 14.8. The molecule has 0 unspecified atom stereocenters. The zero-order valence-electron chi connectivity index (χ0n) is 19.4. The summed E-state index contributed by atoms with van der Waals surface area (Å²) in [5, 5.41) is 5.39. The Hall–Kier alpha value is -4.63. The van der Waals surface area contributed by atoms with Crippen molar-refractivity contribution in [2.75, 3.05) is 4.90 Å². The van der Waals surface area contributed by atoms with Gasteiger partial charge in [-0.3, -0.25) is 9.59 Å². The summed E-state index contributed by atoms with van der Waals surface area (Å²) in [5.41, 5.74) is 3.09. The molecule has 0 fully saturated rings. The molecule has 180 valence electrons. The van der Waals surface area contributed by atoms with Crippen molar-refractivity contribution in [2.24, 2.45) is 0 Å². The average molecular weight is 509 g/mol. The van der Waals surface area contributed by atoms with Crippen molar-refractivity contribution in [2.45, 2.75) is 13.5 Å². The van der Waals surface area contributed by atoms with Gasteiger partial charge in [-0.25, -0.2) is 4.39 Å². The van der Waals surface area contributed by atoms with Crippen LogP contribution in [0.15, 0.2) is 82.0 Å². The van der Waals surface area contributed by atoms with Crippen LogP contribution in [0.4, 0.5) is 10.1 Å². The molecule has 37 heavy (non-hydrogen) atoms. The van der Waals surface area contributed by atoms with Gasteiger partial charge in [0.25, 0.3) is 11.5 Å². The van der Waals surface area contributed by atoms with E-state index >= 15 is 0 Å². The smallest absolute Gasteiger partial charge is 0.291 e. The maximum Gasteiger partial charge on any atom is 0.291 e. The Bertz CT molecular complexity index is 2010. The molecule has 0 N–H and O–H groups in total. The summed E-state index contributed by atoms with van der Waals surface area (Å²) in [5.74, 6) is 0.0642. The lowest BCUT2D eigenvalue weighted by Crippen LogP contribution is -2.32. The molecule has 1 aliphatic heterocycles. The molecule has 0 spiro atoms. The molecule has 7 nitrogen and oxygen atoms in total. The molecular weight excluding hydrogens is 491 g/mol. The van der Waals surface area contributed by atoms with Gasteiger partial charge >= 0.3 is 0 Å². The zero-order valence-corrected chi connectivity index (χ0v) is 20.3. The number of hydrogen-bond donors (Lipinski definition) is 0. The van der Waals surface area contributed by atoms with Crippen LogP contribution in [0.5, 0.6) is 0 Å². The van der Waals surface area contributed by atoms with E-state index in [1.54, 1.807) is 30.3 Å². The number of rotatable bonds is 3. The number of carbonyl (C=O) groups excluding carboxylic acids is 1. The first-order chi connectivity index (χ1) is 18.0. The highest BCUT2D eigenvalue weighted by molar-refractivity contribution is 7.15. The van der Waals surface area contributed by atoms with Crippen LogP contribution in [0.2, 0.25) is 0 Å². The van der Waals surface area contributed by atoms with Crippen molar-refractivity contribution >= 4 is 44.4 Å². The second-order valence-electron chi connectivity index (χ2n) is 8.79. The monoisotopic (exact) mass is 508 g/mol. The maximum absolute atomic E-state index is 14.4. The molecule has 3 aromatic carbocycles. The van der Waals surface area contributed by atoms with Gasteiger partial charge in [0.15, 0.2) is 5.76 Å². The minimum absolute atomic E-state index is 0.0520. The lowest BCUT2D eigenvalue weighted by molar-refractivity contribution is -0.113. The van der Waals surface area contributed by atoms with E-state index < -0.39 is 11.4 Å². The molecule has 0 bridgehead atoms. The van der Waals surface area contributed by atoms with Crippen LogP contribution >= 0.6 is 11.3 Å². The molecular formula is C28H17FN4O3S. The number of fused-ring (bicyclic) bond motifs is 3. The predicted molar refractivity (Wildman–Crippen MR) is 139 cm³/mol. The fourth-order valence-electron chi connectivity index (χ4n) is 4.82. The summed E-state index contributed by atoms with van der Waals surface area (Å²) in [6, 6.07) is 21.2. The van der Waals surface area contributed by atoms with Crippen molar-refractivity contribution in [1.29, 1.82) is 0 Å². The van der Waals surface area contributed by atoms with Gasteiger partial charge in [-0.15, -0.1) is 5.10 Å². The van der Waals surface area contributed by atoms with E-state index in [1.165, 1.54) is 15.5 Å². The molecule has 6 aromatic rings. The maximum atomic E-state index is 14.4. The Labute approximate surface area is 212 Å². The molecule has 0 aliphatic carbocycles. The summed E-state index contributed by atoms with van der Waals surface area (Å²) >= 11 is 1.10. The van der Waals surface area contributed by atoms with Crippen LogP contribution in [-0.2, 0) is 11.3 Å². The van der Waals surface area contributed by atoms with E-state index in [0.29, 0.717) is 33.4 Å². The first-order valence-corrected chi connectivity index (χ1v) is 12.4. The molecule has 1 aliphatic rings. The molecule has 9 heteroatoms. The lowest BCUT2D eigenvalue weighted by Gasteiger charge is -2.17. The van der Waals surface area contributed by atoms with Crippen LogP contribution in [0.25, 0.3) is 33.1 Å². The summed E-state index contributed by atoms with van der Waals surface area (Å²) in [7, 11) is 0. The van der Waals surface area contributed by atoms with E-state index in [9.17, 15) is 14.0 Å². The van der Waals surface area contributed by atoms with E-state index in [0.717, 1.165) is 27.9 Å². The van der Waals surface area contributed by atoms with Crippen molar-refractivity contribution in [3.63, 3.8) is 0 Å². The number of halogens is 1. The summed E-state index contributed by atoms with van der Waals surface area (Å²) in [4.78, 5) is 33.5. The van der Waals surface area contributed by atoms with Crippen LogP contribution in [0.1, 0.15) is 16.7 Å². The quantitative estimate of drug-likeness (QED) is 0.352. The Morgan fingerprint density at radius 3 is 2.54 bits per heavy atom. The van der Waals surface area contributed by atoms with E-state index in [1.807, 2.05) is 43.3 Å². The van der Waals surface area contributed by atoms with Crippen LogP contribution < -0.4 is 15.0 Å².